The summed E-state index contributed by atoms with van der Waals surface area (Å²) in [6.07, 6.45) is 7.81. The van der Waals surface area contributed by atoms with Gasteiger partial charge < -0.3 is 39.8 Å². The highest BCUT2D eigenvalue weighted by Crippen LogP contribution is 2.40. The van der Waals surface area contributed by atoms with E-state index >= 15 is 0 Å². The van der Waals surface area contributed by atoms with Crippen LogP contribution in [-0.4, -0.2) is 129 Å². The van der Waals surface area contributed by atoms with Gasteiger partial charge >= 0.3 is 0 Å². The Kier molecular flexibility index (Phi) is 12.3. The number of fused-ring (bicyclic) bond motifs is 4. The summed E-state index contributed by atoms with van der Waals surface area (Å²) in [6, 6.07) is 14.5. The minimum absolute atomic E-state index is 0.0681. The lowest BCUT2D eigenvalue weighted by Gasteiger charge is -2.41. The Morgan fingerprint density at radius 2 is 1.77 bits per heavy atom. The summed E-state index contributed by atoms with van der Waals surface area (Å²) in [5, 5.41) is 20.1. The number of hydrogen-bond donors (Lipinski definition) is 4. The van der Waals surface area contributed by atoms with Crippen LogP contribution in [0.1, 0.15) is 81.6 Å². The molecule has 1 aliphatic carbocycles. The lowest BCUT2D eigenvalue weighted by Crippen LogP contribution is -2.52. The van der Waals surface area contributed by atoms with Crippen LogP contribution >= 0.6 is 0 Å². The molecule has 5 aliphatic rings. The van der Waals surface area contributed by atoms with Crippen LogP contribution < -0.4 is 31.3 Å². The molecule has 1 unspecified atom stereocenters. The summed E-state index contributed by atoms with van der Waals surface area (Å²) in [5.74, 6) is 0.0594. The van der Waals surface area contributed by atoms with Gasteiger partial charge in [0.1, 0.15) is 23.0 Å². The zero-order valence-electron chi connectivity index (χ0n) is 39.6. The Balaban J connectivity index is 0.720. The molecule has 18 heteroatoms. The van der Waals surface area contributed by atoms with Gasteiger partial charge in [0.15, 0.2) is 0 Å². The molecule has 2 atom stereocenters. The quantitative estimate of drug-likeness (QED) is 0.0915. The third kappa shape index (κ3) is 8.76. The van der Waals surface area contributed by atoms with E-state index in [9.17, 15) is 29.1 Å². The highest BCUT2D eigenvalue weighted by molar-refractivity contribution is 6.24. The number of aliphatic hydroxyl groups is 1. The fourth-order valence-corrected chi connectivity index (χ4v) is 10.9. The van der Waals surface area contributed by atoms with Gasteiger partial charge in [-0.2, -0.15) is 0 Å². The molecule has 2 saturated heterocycles. The Hall–Kier alpha value is -6.89. The molecule has 0 saturated carbocycles. The summed E-state index contributed by atoms with van der Waals surface area (Å²) in [7, 11) is 1.68. The number of amides is 4. The molecule has 1 aromatic carbocycles. The largest absolute Gasteiger partial charge is 0.392 e. The fourth-order valence-electron chi connectivity index (χ4n) is 10.9. The van der Waals surface area contributed by atoms with E-state index in [-0.39, 0.29) is 66.3 Å². The first-order valence-electron chi connectivity index (χ1n) is 23.9. The zero-order chi connectivity index (χ0) is 48.1. The van der Waals surface area contributed by atoms with Crippen molar-refractivity contribution in [3.63, 3.8) is 0 Å². The third-order valence-corrected chi connectivity index (χ3v) is 14.3. The average Bonchev–Trinajstić information content (AvgIpc) is 3.93. The summed E-state index contributed by atoms with van der Waals surface area (Å²) >= 11 is 0. The third-order valence-electron chi connectivity index (χ3n) is 14.3. The Morgan fingerprint density at radius 3 is 2.54 bits per heavy atom. The SMILES string of the molecule is C[C@@H]1CN(CCOCCNc2cccc3c2C(=O)N(C2CCC(=O)NC2)C3=O)CCN1c1ccc(Nc2cc(-c3ccnc(N4CCn5c(cc6c5CC(C)(C)C6)C4=O)c3CO)cn(C)c2=O)nc1. The molecule has 2 fully saturated rings. The number of aliphatic hydroxyl groups excluding tert-OH is 1. The van der Waals surface area contributed by atoms with Crippen molar-refractivity contribution < 1.29 is 29.0 Å². The van der Waals surface area contributed by atoms with Gasteiger partial charge in [-0.3, -0.25) is 38.7 Å². The van der Waals surface area contributed by atoms with Gasteiger partial charge in [0.25, 0.3) is 23.3 Å². The average molecular weight is 938 g/mol. The van der Waals surface area contributed by atoms with E-state index in [0.717, 1.165) is 44.7 Å². The normalized spacial score (nSPS) is 20.0. The molecule has 10 rings (SSSR count). The molecule has 5 aromatic rings. The van der Waals surface area contributed by atoms with Crippen molar-refractivity contribution >= 4 is 52.3 Å². The van der Waals surface area contributed by atoms with Gasteiger partial charge in [-0.05, 0) is 85.2 Å². The van der Waals surface area contributed by atoms with Crippen molar-refractivity contribution in [2.75, 3.05) is 79.5 Å². The number of carbonyl (C=O) groups is 4. The first-order valence-corrected chi connectivity index (χ1v) is 23.9. The number of hydrogen-bond acceptors (Lipinski definition) is 13. The molecule has 4 amide bonds. The molecule has 0 spiro atoms. The van der Waals surface area contributed by atoms with Crippen molar-refractivity contribution in [2.24, 2.45) is 12.5 Å². The number of piperazine rings is 1. The molecule has 0 bridgehead atoms. The maximum absolute atomic E-state index is 14.0. The highest BCUT2D eigenvalue weighted by Gasteiger charge is 2.43. The minimum atomic E-state index is -0.355. The van der Waals surface area contributed by atoms with Crippen molar-refractivity contribution in [1.29, 1.82) is 0 Å². The molecular formula is C51H59N11O7. The predicted molar refractivity (Wildman–Crippen MR) is 261 cm³/mol. The van der Waals surface area contributed by atoms with Crippen LogP contribution in [0.2, 0.25) is 0 Å². The van der Waals surface area contributed by atoms with Crippen LogP contribution in [0.3, 0.4) is 0 Å². The lowest BCUT2D eigenvalue weighted by molar-refractivity contribution is -0.123. The van der Waals surface area contributed by atoms with Gasteiger partial charge in [-0.15, -0.1) is 0 Å². The molecule has 69 heavy (non-hydrogen) atoms. The van der Waals surface area contributed by atoms with Crippen LogP contribution in [0.5, 0.6) is 0 Å². The van der Waals surface area contributed by atoms with Gasteiger partial charge in [0, 0.05) is 107 Å². The molecular weight excluding hydrogens is 879 g/mol. The molecule has 4 aromatic heterocycles. The van der Waals surface area contributed by atoms with E-state index in [4.69, 9.17) is 9.72 Å². The maximum atomic E-state index is 14.0. The number of pyridine rings is 3. The highest BCUT2D eigenvalue weighted by atomic mass is 16.5. The second kappa shape index (κ2) is 18.5. The number of anilines is 5. The van der Waals surface area contributed by atoms with E-state index in [1.807, 2.05) is 24.4 Å². The van der Waals surface area contributed by atoms with Gasteiger partial charge in [-0.1, -0.05) is 19.9 Å². The van der Waals surface area contributed by atoms with Crippen molar-refractivity contribution in [3.8, 4) is 11.1 Å². The Morgan fingerprint density at radius 1 is 0.913 bits per heavy atom. The second-order valence-corrected chi connectivity index (χ2v) is 19.6. The van der Waals surface area contributed by atoms with Crippen molar-refractivity contribution in [2.45, 2.75) is 71.7 Å². The van der Waals surface area contributed by atoms with E-state index in [1.54, 1.807) is 54.7 Å². The Labute approximate surface area is 400 Å². The molecule has 18 nitrogen and oxygen atoms in total. The van der Waals surface area contributed by atoms with E-state index in [2.05, 4.69) is 56.1 Å². The van der Waals surface area contributed by atoms with Gasteiger partial charge in [-0.25, -0.2) is 9.97 Å². The standard InChI is InChI=1S/C51H59N11O7/c1-31-28-58(19-21-69-20-14-52-39-7-5-6-37-45(39)50(68)62(47(37)65)35-9-11-44(64)55-27-35)15-16-59(31)34-8-10-43(54-26-34)56-40-22-33(29-57(4)48(40)66)36-12-13-53-46(38(36)30-63)61-18-17-60-41(49(61)67)23-32-24-51(2,3)25-42(32)60/h5-8,10,12-13,22-23,26,29,31,35,52,63H,9,11,14-21,24-25,27-28,30H2,1-4H3,(H,54,56)(H,55,64)/t31-,35?/m1/s1. The van der Waals surface area contributed by atoms with Crippen LogP contribution in [0.15, 0.2) is 71.9 Å². The number of benzene rings is 1. The van der Waals surface area contributed by atoms with Crippen LogP contribution in [0, 0.1) is 5.41 Å². The smallest absolute Gasteiger partial charge is 0.276 e. The first-order chi connectivity index (χ1) is 33.3. The van der Waals surface area contributed by atoms with Gasteiger partial charge in [0.05, 0.1) is 48.9 Å². The zero-order valence-corrected chi connectivity index (χ0v) is 39.6. The van der Waals surface area contributed by atoms with E-state index < -0.39 is 0 Å². The summed E-state index contributed by atoms with van der Waals surface area (Å²) in [6.45, 7) is 12.4. The van der Waals surface area contributed by atoms with Crippen LogP contribution in [0.4, 0.5) is 28.7 Å². The molecule has 4 N–H and O–H groups in total. The van der Waals surface area contributed by atoms with Crippen LogP contribution in [-0.2, 0) is 42.6 Å². The number of aromatic nitrogens is 4. The second-order valence-electron chi connectivity index (χ2n) is 19.6. The number of piperidine rings is 1. The summed E-state index contributed by atoms with van der Waals surface area (Å²) < 4.78 is 9.64. The number of ether oxygens (including phenoxy) is 1. The first kappa shape index (κ1) is 45.9. The fraction of sp³-hybridized carbons (Fsp3) is 0.431. The topological polar surface area (TPSA) is 199 Å². The monoisotopic (exact) mass is 937 g/mol. The maximum Gasteiger partial charge on any atom is 0.276 e. The summed E-state index contributed by atoms with van der Waals surface area (Å²) in [5.41, 5.74) is 7.56. The number of imide groups is 1. The Bertz CT molecular complexity index is 2900. The molecule has 0 radical (unpaired) electrons. The van der Waals surface area contributed by atoms with E-state index in [0.29, 0.717) is 95.8 Å². The molecule has 360 valence electrons. The van der Waals surface area contributed by atoms with Crippen molar-refractivity contribution in [3.05, 3.63) is 111 Å². The van der Waals surface area contributed by atoms with Crippen LogP contribution in [0.25, 0.3) is 11.1 Å². The lowest BCUT2D eigenvalue weighted by atomic mass is 9.90. The predicted octanol–water partition coefficient (Wildman–Crippen LogP) is 4.18. The number of nitrogens with one attached hydrogen (secondary N) is 3. The number of rotatable bonds is 14. The van der Waals surface area contributed by atoms with E-state index in [1.165, 1.54) is 20.7 Å². The molecule has 8 heterocycles. The number of carbonyl (C=O) groups excluding carboxylic acids is 4. The molecule has 4 aliphatic heterocycles. The number of nitrogens with zero attached hydrogens (tertiary/aromatic N) is 8. The summed E-state index contributed by atoms with van der Waals surface area (Å²) in [4.78, 5) is 82.7. The van der Waals surface area contributed by atoms with Crippen molar-refractivity contribution in [1.82, 2.24) is 34.2 Å². The minimum Gasteiger partial charge on any atom is -0.392 e. The van der Waals surface area contributed by atoms with Gasteiger partial charge in [0.2, 0.25) is 5.91 Å². The number of aryl methyl sites for hydroxylation is 1.